The summed E-state index contributed by atoms with van der Waals surface area (Å²) in [6, 6.07) is 1.89. The molecule has 136 valence electrons. The van der Waals surface area contributed by atoms with Gasteiger partial charge in [-0.2, -0.15) is 5.10 Å². The van der Waals surface area contributed by atoms with Crippen LogP contribution in [-0.4, -0.2) is 27.9 Å². The summed E-state index contributed by atoms with van der Waals surface area (Å²) >= 11 is 0. The summed E-state index contributed by atoms with van der Waals surface area (Å²) in [5.74, 6) is 0.609. The minimum absolute atomic E-state index is 0.0775. The van der Waals surface area contributed by atoms with Gasteiger partial charge in [0, 0.05) is 29.9 Å². The van der Waals surface area contributed by atoms with E-state index in [2.05, 4.69) is 34.4 Å². The number of hydrogen-bond acceptors (Lipinski definition) is 4. The van der Waals surface area contributed by atoms with E-state index >= 15 is 0 Å². The fourth-order valence-electron chi connectivity index (χ4n) is 2.75. The van der Waals surface area contributed by atoms with Crippen LogP contribution in [0.15, 0.2) is 39.8 Å². The van der Waals surface area contributed by atoms with Crippen molar-refractivity contribution >= 4 is 12.6 Å². The maximum atomic E-state index is 12.8. The van der Waals surface area contributed by atoms with Crippen molar-refractivity contribution in [2.24, 2.45) is 12.0 Å². The largest absolute Gasteiger partial charge is 0.365 e. The highest BCUT2D eigenvalue weighted by molar-refractivity contribution is 5.98. The first-order valence-electron chi connectivity index (χ1n) is 8.72. The molecule has 0 atom stereocenters. The quantitative estimate of drug-likeness (QED) is 0.433. The summed E-state index contributed by atoms with van der Waals surface area (Å²) in [5.41, 5.74) is 3.45. The third kappa shape index (κ3) is 4.81. The number of rotatable bonds is 8. The van der Waals surface area contributed by atoms with E-state index < -0.39 is 0 Å². The lowest BCUT2D eigenvalue weighted by molar-refractivity contribution is -0.117. The molecule has 1 fully saturated rings. The van der Waals surface area contributed by atoms with Gasteiger partial charge in [-0.15, -0.1) is 0 Å². The minimum Gasteiger partial charge on any atom is -0.365 e. The van der Waals surface area contributed by atoms with Crippen LogP contribution in [0.2, 0.25) is 0 Å². The van der Waals surface area contributed by atoms with Crippen LogP contribution in [0.4, 0.5) is 0 Å². The summed E-state index contributed by atoms with van der Waals surface area (Å²) < 4.78 is 1.72. The van der Waals surface area contributed by atoms with Crippen molar-refractivity contribution in [2.45, 2.75) is 59.0 Å². The first-order valence-corrected chi connectivity index (χ1v) is 8.72. The molecule has 1 aliphatic rings. The monoisotopic (exact) mass is 343 g/mol. The van der Waals surface area contributed by atoms with E-state index in [0.29, 0.717) is 24.4 Å². The Labute approximate surface area is 150 Å². The molecule has 2 N–H and O–H groups in total. The van der Waals surface area contributed by atoms with Crippen molar-refractivity contribution in [1.29, 1.82) is 0 Å². The zero-order chi connectivity index (χ0) is 18.6. The van der Waals surface area contributed by atoms with Gasteiger partial charge in [-0.1, -0.05) is 12.5 Å². The van der Waals surface area contributed by atoms with Crippen molar-refractivity contribution in [2.75, 3.05) is 0 Å². The van der Waals surface area contributed by atoms with Crippen LogP contribution in [-0.2, 0) is 18.4 Å². The van der Waals surface area contributed by atoms with Crippen molar-refractivity contribution in [1.82, 2.24) is 20.4 Å². The van der Waals surface area contributed by atoms with Crippen LogP contribution in [0.1, 0.15) is 52.7 Å². The fraction of sp³-hybridized carbons (Fsp3) is 0.526. The van der Waals surface area contributed by atoms with E-state index in [1.165, 1.54) is 0 Å². The Hall–Kier alpha value is -2.37. The predicted molar refractivity (Wildman–Crippen MR) is 101 cm³/mol. The highest BCUT2D eigenvalue weighted by Gasteiger charge is 2.38. The number of allylic oxidation sites excluding steroid dienone is 1. The van der Waals surface area contributed by atoms with E-state index in [-0.39, 0.29) is 11.4 Å². The number of aliphatic imine (C=N–C) groups is 1. The van der Waals surface area contributed by atoms with E-state index in [1.807, 2.05) is 40.1 Å². The average Bonchev–Trinajstić information content (AvgIpc) is 3.14. The highest BCUT2D eigenvalue weighted by Crippen LogP contribution is 2.36. The molecule has 25 heavy (non-hydrogen) atoms. The smallest absolute Gasteiger partial charge is 0.251 e. The number of aryl methyl sites for hydroxylation is 1. The molecule has 0 aliphatic heterocycles. The van der Waals surface area contributed by atoms with Crippen molar-refractivity contribution in [3.63, 3.8) is 0 Å². The molecule has 6 heteroatoms. The Morgan fingerprint density at radius 1 is 1.44 bits per heavy atom. The van der Waals surface area contributed by atoms with Gasteiger partial charge in [0.05, 0.1) is 12.2 Å². The Morgan fingerprint density at radius 3 is 2.56 bits per heavy atom. The van der Waals surface area contributed by atoms with Gasteiger partial charge in [-0.3, -0.25) is 9.48 Å². The second-order valence-electron chi connectivity index (χ2n) is 7.06. The number of nitrogens with one attached hydrogen (secondary N) is 2. The van der Waals surface area contributed by atoms with E-state index in [4.69, 9.17) is 0 Å². The van der Waals surface area contributed by atoms with Crippen molar-refractivity contribution in [3.8, 4) is 0 Å². The molecule has 0 aromatic carbocycles. The SMILES string of the molecule is C=N/C(NC1(C)CC1)=C(\CC)C(C(=O)NCc1ccn(C)n1)=C(C)C. The summed E-state index contributed by atoms with van der Waals surface area (Å²) in [6.45, 7) is 12.2. The molecule has 0 unspecified atom stereocenters. The van der Waals surface area contributed by atoms with Gasteiger partial charge in [0.25, 0.3) is 5.91 Å². The first-order chi connectivity index (χ1) is 11.8. The zero-order valence-electron chi connectivity index (χ0n) is 15.9. The lowest BCUT2D eigenvalue weighted by Gasteiger charge is -2.20. The molecule has 1 heterocycles. The summed E-state index contributed by atoms with van der Waals surface area (Å²) in [5, 5.41) is 10.7. The normalized spacial score (nSPS) is 15.9. The van der Waals surface area contributed by atoms with Gasteiger partial charge in [-0.25, -0.2) is 4.99 Å². The van der Waals surface area contributed by atoms with Gasteiger partial charge in [0.1, 0.15) is 5.82 Å². The Morgan fingerprint density at radius 2 is 2.12 bits per heavy atom. The molecule has 1 aliphatic carbocycles. The summed E-state index contributed by atoms with van der Waals surface area (Å²) in [7, 11) is 1.86. The standard InChI is InChI=1S/C19H29N5O/c1-7-15(17(20-5)22-19(4)9-10-19)16(13(2)3)18(25)21-12-14-8-11-24(6)23-14/h8,11,22H,5,7,9-10,12H2,1-4,6H3,(H,21,25)/b17-15-. The molecule has 0 bridgehead atoms. The molecule has 0 spiro atoms. The maximum absolute atomic E-state index is 12.8. The van der Waals surface area contributed by atoms with Crippen molar-refractivity contribution in [3.05, 3.63) is 40.5 Å². The molecule has 2 rings (SSSR count). The van der Waals surface area contributed by atoms with E-state index in [0.717, 1.165) is 29.7 Å². The average molecular weight is 343 g/mol. The molecule has 0 saturated heterocycles. The molecule has 1 amide bonds. The molecule has 0 radical (unpaired) electrons. The molecule has 1 aromatic heterocycles. The number of amides is 1. The van der Waals surface area contributed by atoms with Gasteiger partial charge in [-0.05, 0) is 52.8 Å². The van der Waals surface area contributed by atoms with Crippen LogP contribution in [0, 0.1) is 0 Å². The van der Waals surface area contributed by atoms with Crippen LogP contribution >= 0.6 is 0 Å². The second-order valence-corrected chi connectivity index (χ2v) is 7.06. The second kappa shape index (κ2) is 7.68. The van der Waals surface area contributed by atoms with Gasteiger partial charge in [0.15, 0.2) is 0 Å². The predicted octanol–water partition coefficient (Wildman–Crippen LogP) is 2.84. The Balaban J connectivity index is 2.23. The highest BCUT2D eigenvalue weighted by atomic mass is 16.1. The Kier molecular flexibility index (Phi) is 5.82. The summed E-state index contributed by atoms with van der Waals surface area (Å²) in [4.78, 5) is 17.0. The van der Waals surface area contributed by atoms with E-state index in [1.54, 1.807) is 4.68 Å². The zero-order valence-corrected chi connectivity index (χ0v) is 15.9. The van der Waals surface area contributed by atoms with Crippen LogP contribution in [0.3, 0.4) is 0 Å². The molecular formula is C19H29N5O. The van der Waals surface area contributed by atoms with E-state index in [9.17, 15) is 4.79 Å². The lowest BCUT2D eigenvalue weighted by atomic mass is 9.97. The van der Waals surface area contributed by atoms with Gasteiger partial charge >= 0.3 is 0 Å². The topological polar surface area (TPSA) is 71.3 Å². The lowest BCUT2D eigenvalue weighted by Crippen LogP contribution is -2.30. The maximum Gasteiger partial charge on any atom is 0.251 e. The first kappa shape index (κ1) is 19.0. The van der Waals surface area contributed by atoms with Crippen molar-refractivity contribution < 1.29 is 4.79 Å². The summed E-state index contributed by atoms with van der Waals surface area (Å²) in [6.07, 6.45) is 4.79. The number of hydrogen-bond donors (Lipinski definition) is 2. The van der Waals surface area contributed by atoms with Gasteiger partial charge < -0.3 is 10.6 Å². The number of carbonyl (C=O) groups excluding carboxylic acids is 1. The number of nitrogens with zero attached hydrogens (tertiary/aromatic N) is 3. The number of aromatic nitrogens is 2. The Bertz CT molecular complexity index is 718. The third-order valence-electron chi connectivity index (χ3n) is 4.45. The third-order valence-corrected chi connectivity index (χ3v) is 4.45. The van der Waals surface area contributed by atoms with Crippen LogP contribution < -0.4 is 10.6 Å². The minimum atomic E-state index is -0.105. The molecule has 1 aromatic rings. The fourth-order valence-corrected chi connectivity index (χ4v) is 2.75. The number of carbonyl (C=O) groups is 1. The molecule has 1 saturated carbocycles. The van der Waals surface area contributed by atoms with Crippen LogP contribution in [0.25, 0.3) is 0 Å². The van der Waals surface area contributed by atoms with Gasteiger partial charge in [0.2, 0.25) is 0 Å². The van der Waals surface area contributed by atoms with Crippen LogP contribution in [0.5, 0.6) is 0 Å². The molecular weight excluding hydrogens is 314 g/mol. The molecule has 6 nitrogen and oxygen atoms in total.